The number of carboxylic acids is 1. The molecule has 19 heavy (non-hydrogen) atoms. The number of thiol groups is 1. The highest BCUT2D eigenvalue weighted by Gasteiger charge is 2.24. The zero-order valence-electron chi connectivity index (χ0n) is 10.5. The van der Waals surface area contributed by atoms with Gasteiger partial charge in [0.2, 0.25) is 0 Å². The maximum absolute atomic E-state index is 12.0. The van der Waals surface area contributed by atoms with E-state index in [1.54, 1.807) is 0 Å². The van der Waals surface area contributed by atoms with Crippen LogP contribution in [0.3, 0.4) is 0 Å². The minimum atomic E-state index is -1.18. The molecule has 0 amide bonds. The standard InChI is InChI=1S/C10H12N4O4S/c1-12-4-6(11-7(12)5(19)9(16)17)13(2)10(18)14(3)8(4)15/h5,19H,1-3H3,(H,16,17). The lowest BCUT2D eigenvalue weighted by Crippen LogP contribution is -2.37. The molecule has 2 aromatic rings. The first-order valence-electron chi connectivity index (χ1n) is 5.30. The topological polar surface area (TPSA) is 99.1 Å². The van der Waals surface area contributed by atoms with Crippen LogP contribution in [0.15, 0.2) is 9.59 Å². The van der Waals surface area contributed by atoms with Crippen molar-refractivity contribution in [2.45, 2.75) is 5.25 Å². The predicted octanol–water partition coefficient (Wildman–Crippen LogP) is -0.974. The van der Waals surface area contributed by atoms with Gasteiger partial charge in [-0.25, -0.2) is 9.78 Å². The molecule has 2 aromatic heterocycles. The van der Waals surface area contributed by atoms with Gasteiger partial charge in [0.25, 0.3) is 5.56 Å². The molecule has 0 saturated heterocycles. The van der Waals surface area contributed by atoms with Crippen LogP contribution in [0.2, 0.25) is 0 Å². The Bertz CT molecular complexity index is 800. The Hall–Kier alpha value is -2.03. The SMILES string of the molecule is Cn1c(=O)c2c(nc(C(S)C(=O)O)n2C)n(C)c1=O. The summed E-state index contributed by atoms with van der Waals surface area (Å²) in [5, 5.41) is 7.78. The lowest BCUT2D eigenvalue weighted by atomic mass is 10.4. The van der Waals surface area contributed by atoms with Crippen LogP contribution in [0.25, 0.3) is 11.2 Å². The number of aryl methyl sites for hydroxylation is 2. The average Bonchev–Trinajstić information content (AvgIpc) is 2.70. The molecule has 1 unspecified atom stereocenters. The van der Waals surface area contributed by atoms with Crippen molar-refractivity contribution in [3.8, 4) is 0 Å². The summed E-state index contributed by atoms with van der Waals surface area (Å²) in [7, 11) is 4.34. The average molecular weight is 284 g/mol. The maximum atomic E-state index is 12.0. The van der Waals surface area contributed by atoms with E-state index in [0.29, 0.717) is 0 Å². The van der Waals surface area contributed by atoms with Crippen molar-refractivity contribution in [3.05, 3.63) is 26.7 Å². The van der Waals surface area contributed by atoms with Crippen LogP contribution in [0, 0.1) is 0 Å². The molecule has 0 bridgehead atoms. The van der Waals surface area contributed by atoms with Gasteiger partial charge >= 0.3 is 11.7 Å². The molecule has 1 atom stereocenters. The van der Waals surface area contributed by atoms with Gasteiger partial charge in [0.1, 0.15) is 5.82 Å². The van der Waals surface area contributed by atoms with E-state index in [0.717, 1.165) is 4.57 Å². The van der Waals surface area contributed by atoms with Crippen LogP contribution in [-0.2, 0) is 25.9 Å². The number of hydrogen-bond acceptors (Lipinski definition) is 5. The van der Waals surface area contributed by atoms with Crippen LogP contribution >= 0.6 is 12.6 Å². The van der Waals surface area contributed by atoms with Gasteiger partial charge in [-0.3, -0.25) is 18.7 Å². The van der Waals surface area contributed by atoms with Gasteiger partial charge in [0.05, 0.1) is 0 Å². The molecular weight excluding hydrogens is 272 g/mol. The molecule has 0 aliphatic rings. The van der Waals surface area contributed by atoms with E-state index >= 15 is 0 Å². The number of nitrogens with zero attached hydrogens (tertiary/aromatic N) is 4. The number of rotatable bonds is 2. The number of hydrogen-bond donors (Lipinski definition) is 2. The Morgan fingerprint density at radius 2 is 1.79 bits per heavy atom. The van der Waals surface area contributed by atoms with Crippen LogP contribution in [-0.4, -0.2) is 29.8 Å². The number of aliphatic carboxylic acids is 1. The fourth-order valence-corrected chi connectivity index (χ4v) is 2.12. The molecule has 8 nitrogen and oxygen atoms in total. The first kappa shape index (κ1) is 13.4. The molecule has 0 fully saturated rings. The van der Waals surface area contributed by atoms with Gasteiger partial charge in [-0.1, -0.05) is 0 Å². The quantitative estimate of drug-likeness (QED) is 0.691. The van der Waals surface area contributed by atoms with Gasteiger partial charge in [-0.2, -0.15) is 12.6 Å². The van der Waals surface area contributed by atoms with Crippen molar-refractivity contribution >= 4 is 29.8 Å². The molecule has 0 spiro atoms. The Balaban J connectivity index is 2.97. The minimum Gasteiger partial charge on any atom is -0.480 e. The second kappa shape index (κ2) is 4.26. The zero-order chi connectivity index (χ0) is 14.5. The van der Waals surface area contributed by atoms with Crippen LogP contribution in [0.4, 0.5) is 0 Å². The van der Waals surface area contributed by atoms with E-state index < -0.39 is 22.5 Å². The van der Waals surface area contributed by atoms with Gasteiger partial charge in [0, 0.05) is 21.1 Å². The molecule has 1 N–H and O–H groups in total. The Morgan fingerprint density at radius 3 is 2.32 bits per heavy atom. The first-order chi connectivity index (χ1) is 8.77. The first-order valence-corrected chi connectivity index (χ1v) is 5.82. The summed E-state index contributed by atoms with van der Waals surface area (Å²) in [5.74, 6) is -1.08. The highest BCUT2D eigenvalue weighted by Crippen LogP contribution is 2.21. The van der Waals surface area contributed by atoms with E-state index in [9.17, 15) is 14.4 Å². The van der Waals surface area contributed by atoms with Crippen molar-refractivity contribution in [1.82, 2.24) is 18.7 Å². The number of aromatic nitrogens is 4. The van der Waals surface area contributed by atoms with Gasteiger partial charge in [-0.05, 0) is 0 Å². The smallest absolute Gasteiger partial charge is 0.332 e. The van der Waals surface area contributed by atoms with Gasteiger partial charge < -0.3 is 9.67 Å². The third-order valence-corrected chi connectivity index (χ3v) is 3.44. The Labute approximate surface area is 112 Å². The third kappa shape index (κ3) is 1.77. The van der Waals surface area contributed by atoms with Crippen molar-refractivity contribution in [2.75, 3.05) is 0 Å². The monoisotopic (exact) mass is 284 g/mol. The molecule has 0 aromatic carbocycles. The molecule has 0 radical (unpaired) electrons. The van der Waals surface area contributed by atoms with Crippen molar-refractivity contribution in [3.63, 3.8) is 0 Å². The summed E-state index contributed by atoms with van der Waals surface area (Å²) in [4.78, 5) is 38.8. The lowest BCUT2D eigenvalue weighted by molar-refractivity contribution is -0.136. The summed E-state index contributed by atoms with van der Waals surface area (Å²) in [5.41, 5.74) is -0.732. The molecule has 0 aliphatic heterocycles. The minimum absolute atomic E-state index is 0.101. The number of fused-ring (bicyclic) bond motifs is 1. The largest absolute Gasteiger partial charge is 0.480 e. The third-order valence-electron chi connectivity index (χ3n) is 2.99. The van der Waals surface area contributed by atoms with Gasteiger partial charge in [0.15, 0.2) is 16.4 Å². The highest BCUT2D eigenvalue weighted by atomic mass is 32.1. The number of carboxylic acid groups (broad SMARTS) is 1. The van der Waals surface area contributed by atoms with Crippen LogP contribution in [0.5, 0.6) is 0 Å². The second-order valence-corrected chi connectivity index (χ2v) is 4.66. The van der Waals surface area contributed by atoms with Gasteiger partial charge in [-0.15, -0.1) is 0 Å². The fourth-order valence-electron chi connectivity index (χ4n) is 1.89. The molecule has 0 saturated carbocycles. The number of imidazole rings is 1. The zero-order valence-corrected chi connectivity index (χ0v) is 11.4. The molecule has 0 aliphatic carbocycles. The van der Waals surface area contributed by atoms with E-state index in [1.807, 2.05) is 0 Å². The predicted molar refractivity (Wildman–Crippen MR) is 70.6 cm³/mol. The molecule has 102 valence electrons. The number of carbonyl (C=O) groups is 1. The molecule has 2 heterocycles. The van der Waals surface area contributed by atoms with Crippen LogP contribution < -0.4 is 11.2 Å². The van der Waals surface area contributed by atoms with Crippen molar-refractivity contribution < 1.29 is 9.90 Å². The van der Waals surface area contributed by atoms with Crippen LogP contribution in [0.1, 0.15) is 11.1 Å². The Morgan fingerprint density at radius 1 is 1.21 bits per heavy atom. The second-order valence-electron chi connectivity index (χ2n) is 4.15. The normalized spacial score (nSPS) is 12.8. The maximum Gasteiger partial charge on any atom is 0.332 e. The summed E-state index contributed by atoms with van der Waals surface area (Å²) < 4.78 is 3.49. The summed E-state index contributed by atoms with van der Waals surface area (Å²) in [6.07, 6.45) is 0. The highest BCUT2D eigenvalue weighted by molar-refractivity contribution is 7.81. The Kier molecular flexibility index (Phi) is 3.01. The summed E-state index contributed by atoms with van der Waals surface area (Å²) in [6, 6.07) is 0. The van der Waals surface area contributed by atoms with E-state index in [4.69, 9.17) is 5.11 Å². The molecular formula is C10H12N4O4S. The lowest BCUT2D eigenvalue weighted by Gasteiger charge is -2.05. The van der Waals surface area contributed by atoms with Crippen molar-refractivity contribution in [1.29, 1.82) is 0 Å². The molecule has 2 rings (SSSR count). The van der Waals surface area contributed by atoms with Crippen molar-refractivity contribution in [2.24, 2.45) is 21.1 Å². The summed E-state index contributed by atoms with van der Waals surface area (Å²) in [6.45, 7) is 0. The van der Waals surface area contributed by atoms with E-state index in [1.165, 1.54) is 30.3 Å². The van der Waals surface area contributed by atoms with E-state index in [2.05, 4.69) is 17.6 Å². The fraction of sp³-hybridized carbons (Fsp3) is 0.400. The molecule has 9 heteroatoms. The summed E-state index contributed by atoms with van der Waals surface area (Å²) >= 11 is 3.94. The van der Waals surface area contributed by atoms with E-state index in [-0.39, 0.29) is 17.0 Å².